The number of aryl methyl sites for hydroxylation is 1. The van der Waals surface area contributed by atoms with Gasteiger partial charge in [0.1, 0.15) is 12.2 Å². The molecule has 0 unspecified atom stereocenters. The van der Waals surface area contributed by atoms with E-state index in [1.807, 2.05) is 30.3 Å². The van der Waals surface area contributed by atoms with Gasteiger partial charge in [0.05, 0.1) is 6.54 Å². The van der Waals surface area contributed by atoms with Gasteiger partial charge >= 0.3 is 0 Å². The predicted octanol–water partition coefficient (Wildman–Crippen LogP) is 3.28. The molecule has 2 aromatic carbocycles. The molecule has 6 nitrogen and oxygen atoms in total. The lowest BCUT2D eigenvalue weighted by atomic mass is 10.1. The van der Waals surface area contributed by atoms with Crippen LogP contribution in [0.3, 0.4) is 0 Å². The van der Waals surface area contributed by atoms with Crippen molar-refractivity contribution in [3.63, 3.8) is 0 Å². The highest BCUT2D eigenvalue weighted by Crippen LogP contribution is 2.18. The number of benzene rings is 2. The Hall–Kier alpha value is -3.28. The Balaban J connectivity index is 1.50. The first kappa shape index (κ1) is 15.3. The number of hydrogen-bond donors (Lipinski definition) is 0. The van der Waals surface area contributed by atoms with Crippen molar-refractivity contribution in [1.29, 1.82) is 0 Å². The molecular formula is C19H17N5O. The third kappa shape index (κ3) is 3.47. The molecule has 4 aromatic rings. The largest absolute Gasteiger partial charge is 0.339 e. The topological polar surface area (TPSA) is 69.6 Å². The molecule has 0 atom stereocenters. The van der Waals surface area contributed by atoms with Crippen molar-refractivity contribution >= 4 is 0 Å². The molecule has 0 aliphatic carbocycles. The average Bonchev–Trinajstić information content (AvgIpc) is 3.26. The molecule has 25 heavy (non-hydrogen) atoms. The fourth-order valence-corrected chi connectivity index (χ4v) is 2.70. The van der Waals surface area contributed by atoms with Crippen molar-refractivity contribution in [2.75, 3.05) is 0 Å². The van der Waals surface area contributed by atoms with E-state index in [-0.39, 0.29) is 0 Å². The number of hydrogen-bond acceptors (Lipinski definition) is 5. The minimum absolute atomic E-state index is 0.563. The Labute approximate surface area is 145 Å². The second kappa shape index (κ2) is 6.68. The quantitative estimate of drug-likeness (QED) is 0.561. The summed E-state index contributed by atoms with van der Waals surface area (Å²) in [5.74, 6) is 2.11. The minimum atomic E-state index is 0.563. The third-order valence-electron chi connectivity index (χ3n) is 3.99. The van der Waals surface area contributed by atoms with E-state index in [9.17, 15) is 0 Å². The van der Waals surface area contributed by atoms with E-state index in [0.717, 1.165) is 29.9 Å². The molecule has 0 N–H and O–H groups in total. The minimum Gasteiger partial charge on any atom is -0.339 e. The number of nitrogens with zero attached hydrogens (tertiary/aromatic N) is 5. The van der Waals surface area contributed by atoms with E-state index in [1.165, 1.54) is 5.56 Å². The summed E-state index contributed by atoms with van der Waals surface area (Å²) in [5.41, 5.74) is 3.32. The second-order valence-electron chi connectivity index (χ2n) is 5.87. The first-order valence-electron chi connectivity index (χ1n) is 8.08. The smallest absolute Gasteiger partial charge is 0.223 e. The van der Waals surface area contributed by atoms with E-state index in [4.69, 9.17) is 4.52 Å². The predicted molar refractivity (Wildman–Crippen MR) is 92.8 cm³/mol. The lowest BCUT2D eigenvalue weighted by molar-refractivity contribution is 0.394. The first-order chi connectivity index (χ1) is 12.3. The zero-order valence-corrected chi connectivity index (χ0v) is 13.8. The SMILES string of the molecule is Cc1nc(-c2ccc(Cc3nncn3Cc3ccccc3)cc2)no1. The van der Waals surface area contributed by atoms with E-state index in [2.05, 4.69) is 49.2 Å². The summed E-state index contributed by atoms with van der Waals surface area (Å²) in [6.45, 7) is 2.55. The van der Waals surface area contributed by atoms with Crippen LogP contribution in [0.1, 0.15) is 22.8 Å². The Morgan fingerprint density at radius 2 is 1.76 bits per heavy atom. The van der Waals surface area contributed by atoms with Gasteiger partial charge in [0.15, 0.2) is 0 Å². The summed E-state index contributed by atoms with van der Waals surface area (Å²) in [6, 6.07) is 18.4. The Morgan fingerprint density at radius 3 is 2.48 bits per heavy atom. The van der Waals surface area contributed by atoms with Crippen molar-refractivity contribution in [3.05, 3.63) is 83.8 Å². The maximum Gasteiger partial charge on any atom is 0.223 e. The molecule has 124 valence electrons. The van der Waals surface area contributed by atoms with Crippen LogP contribution in [0, 0.1) is 6.92 Å². The van der Waals surface area contributed by atoms with Crippen LogP contribution >= 0.6 is 0 Å². The molecule has 0 bridgehead atoms. The van der Waals surface area contributed by atoms with Crippen LogP contribution in [0.15, 0.2) is 65.4 Å². The molecule has 0 amide bonds. The van der Waals surface area contributed by atoms with E-state index >= 15 is 0 Å². The van der Waals surface area contributed by atoms with Crippen molar-refractivity contribution in [2.45, 2.75) is 19.9 Å². The highest BCUT2D eigenvalue weighted by Gasteiger charge is 2.08. The second-order valence-corrected chi connectivity index (χ2v) is 5.87. The van der Waals surface area contributed by atoms with E-state index in [0.29, 0.717) is 11.7 Å². The van der Waals surface area contributed by atoms with Gasteiger partial charge in [0, 0.05) is 18.9 Å². The number of aromatic nitrogens is 5. The zero-order valence-electron chi connectivity index (χ0n) is 13.8. The molecule has 0 radical (unpaired) electrons. The molecule has 6 heteroatoms. The summed E-state index contributed by atoms with van der Waals surface area (Å²) < 4.78 is 7.10. The molecule has 4 rings (SSSR count). The van der Waals surface area contributed by atoms with Crippen molar-refractivity contribution in [3.8, 4) is 11.4 Å². The summed E-state index contributed by atoms with van der Waals surface area (Å²) in [6.07, 6.45) is 2.50. The molecular weight excluding hydrogens is 314 g/mol. The summed E-state index contributed by atoms with van der Waals surface area (Å²) in [4.78, 5) is 4.24. The maximum absolute atomic E-state index is 5.02. The Kier molecular flexibility index (Phi) is 4.08. The molecule has 0 spiro atoms. The molecule has 2 heterocycles. The molecule has 0 aliphatic heterocycles. The van der Waals surface area contributed by atoms with Crippen LogP contribution < -0.4 is 0 Å². The van der Waals surface area contributed by atoms with Crippen LogP contribution in [0.5, 0.6) is 0 Å². The van der Waals surface area contributed by atoms with Crippen molar-refractivity contribution in [2.24, 2.45) is 0 Å². The van der Waals surface area contributed by atoms with Gasteiger partial charge in [0.25, 0.3) is 0 Å². The molecule has 0 fully saturated rings. The normalized spacial score (nSPS) is 10.9. The monoisotopic (exact) mass is 331 g/mol. The summed E-state index contributed by atoms with van der Waals surface area (Å²) in [5, 5.41) is 12.3. The summed E-state index contributed by atoms with van der Waals surface area (Å²) >= 11 is 0. The van der Waals surface area contributed by atoms with Gasteiger partial charge in [-0.05, 0) is 11.1 Å². The van der Waals surface area contributed by atoms with Crippen molar-refractivity contribution < 1.29 is 4.52 Å². The highest BCUT2D eigenvalue weighted by molar-refractivity contribution is 5.54. The third-order valence-corrected chi connectivity index (χ3v) is 3.99. The lowest BCUT2D eigenvalue weighted by Gasteiger charge is -2.07. The molecule has 0 saturated carbocycles. The van der Waals surface area contributed by atoms with Gasteiger partial charge in [-0.3, -0.25) is 0 Å². The lowest BCUT2D eigenvalue weighted by Crippen LogP contribution is -2.05. The Bertz CT molecular complexity index is 957. The van der Waals surface area contributed by atoms with Gasteiger partial charge in [-0.2, -0.15) is 4.98 Å². The van der Waals surface area contributed by atoms with E-state index < -0.39 is 0 Å². The summed E-state index contributed by atoms with van der Waals surface area (Å²) in [7, 11) is 0. The van der Waals surface area contributed by atoms with Gasteiger partial charge in [-0.1, -0.05) is 59.8 Å². The van der Waals surface area contributed by atoms with Gasteiger partial charge in [-0.15, -0.1) is 10.2 Å². The van der Waals surface area contributed by atoms with Gasteiger partial charge < -0.3 is 9.09 Å². The van der Waals surface area contributed by atoms with Gasteiger partial charge in [0.2, 0.25) is 11.7 Å². The van der Waals surface area contributed by atoms with Crippen molar-refractivity contribution in [1.82, 2.24) is 24.9 Å². The Morgan fingerprint density at radius 1 is 0.960 bits per heavy atom. The fraction of sp³-hybridized carbons (Fsp3) is 0.158. The fourth-order valence-electron chi connectivity index (χ4n) is 2.70. The van der Waals surface area contributed by atoms with Gasteiger partial charge in [-0.25, -0.2) is 0 Å². The maximum atomic E-state index is 5.02. The zero-order chi connectivity index (χ0) is 17.1. The van der Waals surface area contributed by atoms with E-state index in [1.54, 1.807) is 13.3 Å². The van der Waals surface area contributed by atoms with Crippen LogP contribution in [0.25, 0.3) is 11.4 Å². The average molecular weight is 331 g/mol. The highest BCUT2D eigenvalue weighted by atomic mass is 16.5. The van der Waals surface area contributed by atoms with Crippen LogP contribution in [-0.2, 0) is 13.0 Å². The molecule has 2 aromatic heterocycles. The first-order valence-corrected chi connectivity index (χ1v) is 8.08. The molecule has 0 saturated heterocycles. The van der Waals surface area contributed by atoms with Crippen LogP contribution in [0.4, 0.5) is 0 Å². The molecule has 0 aliphatic rings. The standard InChI is InChI=1S/C19H17N5O/c1-14-21-19(23-25-14)17-9-7-15(8-10-17)11-18-22-20-13-24(18)12-16-5-3-2-4-6-16/h2-10,13H,11-12H2,1H3. The van der Waals surface area contributed by atoms with Crippen LogP contribution in [0.2, 0.25) is 0 Å². The number of rotatable bonds is 5. The van der Waals surface area contributed by atoms with Crippen LogP contribution in [-0.4, -0.2) is 24.9 Å².